The van der Waals surface area contributed by atoms with Gasteiger partial charge in [-0.05, 0) is 42.3 Å². The maximum Gasteiger partial charge on any atom is 0.338 e. The number of esters is 1. The Bertz CT molecular complexity index is 1210. The van der Waals surface area contributed by atoms with E-state index in [-0.39, 0.29) is 6.54 Å². The quantitative estimate of drug-likeness (QED) is 0.142. The van der Waals surface area contributed by atoms with E-state index in [1.807, 2.05) is 13.0 Å². The first kappa shape index (κ1) is 28.3. The number of anilines is 1. The molecule has 3 aromatic rings. The first-order valence-electron chi connectivity index (χ1n) is 11.8. The minimum Gasteiger partial charge on any atom is -0.467 e. The molecule has 2 aromatic carbocycles. The Labute approximate surface area is 221 Å². The van der Waals surface area contributed by atoms with Crippen LogP contribution in [0.4, 0.5) is 5.69 Å². The second kappa shape index (κ2) is 11.9. The summed E-state index contributed by atoms with van der Waals surface area (Å²) in [6, 6.07) is 13.4. The number of carbonyl (C=O) groups is 1. The molecule has 0 aliphatic carbocycles. The van der Waals surface area contributed by atoms with E-state index in [4.69, 9.17) is 21.1 Å². The summed E-state index contributed by atoms with van der Waals surface area (Å²) < 4.78 is 36.4. The Kier molecular flexibility index (Phi) is 9.34. The molecule has 2 unspecified atom stereocenters. The van der Waals surface area contributed by atoms with E-state index < -0.39 is 30.8 Å². The molecule has 0 aliphatic heterocycles. The first-order valence-corrected chi connectivity index (χ1v) is 17.0. The first-order chi connectivity index (χ1) is 17.0. The molecule has 1 N–H and O–H groups in total. The van der Waals surface area contributed by atoms with Gasteiger partial charge in [0.1, 0.15) is 0 Å². The smallest absolute Gasteiger partial charge is 0.338 e. The Morgan fingerprint density at radius 3 is 2.47 bits per heavy atom. The number of aromatic nitrogens is 2. The van der Waals surface area contributed by atoms with Crippen LogP contribution >= 0.6 is 11.6 Å². The Hall–Kier alpha value is -2.24. The SMILES string of the molecule is CCC(C(=O)OC)(c1ccc(Cl)cc1)n1ncc2c(N(CCOCC[Si](C)(C)C)S(=O)O)cccc21. The number of carbonyl (C=O) groups excluding carboxylic acids is 1. The molecule has 0 amide bonds. The lowest BCUT2D eigenvalue weighted by Gasteiger charge is -2.31. The lowest BCUT2D eigenvalue weighted by atomic mass is 9.87. The van der Waals surface area contributed by atoms with Crippen molar-refractivity contribution in [1.29, 1.82) is 0 Å². The van der Waals surface area contributed by atoms with Gasteiger partial charge in [0.15, 0.2) is 5.54 Å². The van der Waals surface area contributed by atoms with E-state index in [0.29, 0.717) is 46.8 Å². The van der Waals surface area contributed by atoms with Crippen LogP contribution in [-0.2, 0) is 31.1 Å². The summed E-state index contributed by atoms with van der Waals surface area (Å²) in [6.07, 6.45) is 1.97. The molecule has 196 valence electrons. The minimum atomic E-state index is -2.28. The van der Waals surface area contributed by atoms with Gasteiger partial charge in [0.25, 0.3) is 11.3 Å². The summed E-state index contributed by atoms with van der Waals surface area (Å²) in [5.41, 5.74) is 0.585. The van der Waals surface area contributed by atoms with Crippen molar-refractivity contribution in [3.8, 4) is 0 Å². The molecule has 1 aromatic heterocycles. The molecule has 2 atom stereocenters. The Morgan fingerprint density at radius 2 is 1.89 bits per heavy atom. The maximum absolute atomic E-state index is 13.3. The topological polar surface area (TPSA) is 93.9 Å². The number of hydrogen-bond donors (Lipinski definition) is 1. The van der Waals surface area contributed by atoms with Gasteiger partial charge in [0.05, 0.1) is 37.7 Å². The van der Waals surface area contributed by atoms with E-state index in [1.54, 1.807) is 47.3 Å². The van der Waals surface area contributed by atoms with Crippen LogP contribution in [0.25, 0.3) is 10.9 Å². The number of halogens is 1. The normalized spacial score (nSPS) is 14.4. The van der Waals surface area contributed by atoms with E-state index in [9.17, 15) is 13.6 Å². The van der Waals surface area contributed by atoms with Gasteiger partial charge in [0, 0.05) is 25.1 Å². The Morgan fingerprint density at radius 1 is 1.19 bits per heavy atom. The maximum atomic E-state index is 13.3. The summed E-state index contributed by atoms with van der Waals surface area (Å²) in [5.74, 6) is -0.471. The van der Waals surface area contributed by atoms with Crippen molar-refractivity contribution in [3.63, 3.8) is 0 Å². The van der Waals surface area contributed by atoms with Crippen LogP contribution < -0.4 is 4.31 Å². The fraction of sp³-hybridized carbons (Fsp3) is 0.440. The van der Waals surface area contributed by atoms with Gasteiger partial charge in [-0.3, -0.25) is 8.86 Å². The monoisotopic (exact) mass is 551 g/mol. The predicted octanol–water partition coefficient (Wildman–Crippen LogP) is 5.31. The van der Waals surface area contributed by atoms with Crippen molar-refractivity contribution in [2.24, 2.45) is 0 Å². The number of methoxy groups -OCH3 is 1. The second-order valence-electron chi connectivity index (χ2n) is 9.73. The largest absolute Gasteiger partial charge is 0.467 e. The standard InChI is InChI=1S/C25H34ClN3O5SSi/c1-6-25(24(30)33-2,19-10-12-20(26)13-11-19)29-23-9-7-8-22(21(23)18-27-29)28(35(31)32)14-15-34-16-17-36(3,4)5/h7-13,18H,6,14-17H2,1-5H3,(H,31,32). The van der Waals surface area contributed by atoms with E-state index in [1.165, 1.54) is 11.4 Å². The molecule has 0 fully saturated rings. The zero-order valence-corrected chi connectivity index (χ0v) is 23.9. The lowest BCUT2D eigenvalue weighted by Crippen LogP contribution is -2.44. The molecular weight excluding hydrogens is 518 g/mol. The molecule has 0 bridgehead atoms. The summed E-state index contributed by atoms with van der Waals surface area (Å²) in [4.78, 5) is 13.3. The zero-order chi connectivity index (χ0) is 26.5. The van der Waals surface area contributed by atoms with Crippen molar-refractivity contribution >= 4 is 53.5 Å². The van der Waals surface area contributed by atoms with Crippen LogP contribution in [-0.4, -0.2) is 59.5 Å². The molecule has 3 rings (SSSR count). The number of benzene rings is 2. The molecule has 36 heavy (non-hydrogen) atoms. The third-order valence-corrected chi connectivity index (χ3v) is 8.91. The average Bonchev–Trinajstić information content (AvgIpc) is 3.27. The average molecular weight is 552 g/mol. The molecule has 0 radical (unpaired) electrons. The fourth-order valence-electron chi connectivity index (χ4n) is 4.19. The molecule has 11 heteroatoms. The van der Waals surface area contributed by atoms with Gasteiger partial charge in [-0.25, -0.2) is 13.7 Å². The van der Waals surface area contributed by atoms with Gasteiger partial charge < -0.3 is 9.47 Å². The fourth-order valence-corrected chi connectivity index (χ4v) is 5.63. The molecule has 0 spiro atoms. The Balaban J connectivity index is 2.02. The summed E-state index contributed by atoms with van der Waals surface area (Å²) in [7, 11) is 0.123. The highest BCUT2D eigenvalue weighted by atomic mass is 35.5. The van der Waals surface area contributed by atoms with E-state index >= 15 is 0 Å². The van der Waals surface area contributed by atoms with Crippen LogP contribution in [0.3, 0.4) is 0 Å². The van der Waals surface area contributed by atoms with Crippen molar-refractivity contribution in [3.05, 3.63) is 59.2 Å². The van der Waals surface area contributed by atoms with Gasteiger partial charge >= 0.3 is 5.97 Å². The second-order valence-corrected chi connectivity index (χ2v) is 16.7. The van der Waals surface area contributed by atoms with Gasteiger partial charge in [-0.15, -0.1) is 0 Å². The summed E-state index contributed by atoms with van der Waals surface area (Å²) in [5, 5.41) is 5.78. The van der Waals surface area contributed by atoms with Crippen molar-refractivity contribution < 1.29 is 23.0 Å². The highest BCUT2D eigenvalue weighted by Crippen LogP contribution is 2.37. The van der Waals surface area contributed by atoms with E-state index in [2.05, 4.69) is 24.7 Å². The summed E-state index contributed by atoms with van der Waals surface area (Å²) in [6.45, 7) is 9.88. The molecule has 1 heterocycles. The predicted molar refractivity (Wildman–Crippen MR) is 148 cm³/mol. The highest BCUT2D eigenvalue weighted by Gasteiger charge is 2.44. The molecular formula is C25H34ClN3O5SSi. The zero-order valence-electron chi connectivity index (χ0n) is 21.4. The molecule has 0 saturated carbocycles. The lowest BCUT2D eigenvalue weighted by molar-refractivity contribution is -0.149. The van der Waals surface area contributed by atoms with Crippen LogP contribution in [0.2, 0.25) is 30.7 Å². The van der Waals surface area contributed by atoms with Gasteiger partial charge in [-0.2, -0.15) is 5.10 Å². The number of hydrogen-bond acceptors (Lipinski definition) is 5. The number of ether oxygens (including phenoxy) is 2. The van der Waals surface area contributed by atoms with Crippen LogP contribution in [0.15, 0.2) is 48.7 Å². The third-order valence-electron chi connectivity index (χ3n) is 6.20. The summed E-state index contributed by atoms with van der Waals surface area (Å²) >= 11 is 3.83. The van der Waals surface area contributed by atoms with Crippen molar-refractivity contribution in [2.75, 3.05) is 31.2 Å². The van der Waals surface area contributed by atoms with Gasteiger partial charge in [0.2, 0.25) is 0 Å². The van der Waals surface area contributed by atoms with Crippen molar-refractivity contribution in [1.82, 2.24) is 9.78 Å². The molecule has 8 nitrogen and oxygen atoms in total. The highest BCUT2D eigenvalue weighted by molar-refractivity contribution is 7.80. The van der Waals surface area contributed by atoms with Gasteiger partial charge in [-0.1, -0.05) is 56.4 Å². The van der Waals surface area contributed by atoms with E-state index in [0.717, 1.165) is 6.04 Å². The van der Waals surface area contributed by atoms with Crippen LogP contribution in [0.1, 0.15) is 18.9 Å². The minimum absolute atomic E-state index is 0.228. The third kappa shape index (κ3) is 6.00. The van der Waals surface area contributed by atoms with Crippen molar-refractivity contribution in [2.45, 2.75) is 44.6 Å². The number of fused-ring (bicyclic) bond motifs is 1. The molecule has 0 saturated heterocycles. The molecule has 0 aliphatic rings. The number of nitrogens with zero attached hydrogens (tertiary/aromatic N) is 3. The van der Waals surface area contributed by atoms with Crippen LogP contribution in [0.5, 0.6) is 0 Å². The number of rotatable bonds is 12. The van der Waals surface area contributed by atoms with Crippen LogP contribution in [0, 0.1) is 0 Å².